The molecule has 0 bridgehead atoms. The van der Waals surface area contributed by atoms with Gasteiger partial charge in [-0.1, -0.05) is 12.1 Å². The summed E-state index contributed by atoms with van der Waals surface area (Å²) < 4.78 is 4.97. The van der Waals surface area contributed by atoms with Crippen LogP contribution in [0.2, 0.25) is 0 Å². The van der Waals surface area contributed by atoms with Crippen LogP contribution in [0.1, 0.15) is 28.4 Å². The lowest BCUT2D eigenvalue weighted by Crippen LogP contribution is -2.04. The van der Waals surface area contributed by atoms with Crippen LogP contribution >= 0.6 is 0 Å². The normalized spacial score (nSPS) is 10.7. The van der Waals surface area contributed by atoms with E-state index in [0.29, 0.717) is 12.2 Å². The van der Waals surface area contributed by atoms with Gasteiger partial charge in [-0.15, -0.1) is 0 Å². The molecule has 3 aromatic rings. The first-order valence-electron chi connectivity index (χ1n) is 6.81. The number of rotatable bonds is 4. The predicted octanol–water partition coefficient (Wildman–Crippen LogP) is 2.73. The summed E-state index contributed by atoms with van der Waals surface area (Å²) in [6, 6.07) is 9.43. The number of imidazole rings is 1. The van der Waals surface area contributed by atoms with Crippen LogP contribution in [0.15, 0.2) is 42.9 Å². The molecule has 0 aliphatic rings. The third-order valence-corrected chi connectivity index (χ3v) is 3.27. The number of pyridine rings is 1. The molecule has 1 aromatic carbocycles. The molecule has 0 spiro atoms. The zero-order valence-electron chi connectivity index (χ0n) is 11.7. The van der Waals surface area contributed by atoms with Crippen molar-refractivity contribution in [3.63, 3.8) is 0 Å². The molecule has 0 saturated heterocycles. The molecule has 0 aliphatic carbocycles. The molecule has 5 nitrogen and oxygen atoms in total. The van der Waals surface area contributed by atoms with E-state index in [-0.39, 0.29) is 5.97 Å². The van der Waals surface area contributed by atoms with Crippen molar-refractivity contribution >= 4 is 17.1 Å². The fourth-order valence-corrected chi connectivity index (χ4v) is 2.24. The molecule has 0 atom stereocenters. The Morgan fingerprint density at radius 1 is 1.19 bits per heavy atom. The van der Waals surface area contributed by atoms with Gasteiger partial charge in [-0.3, -0.25) is 0 Å². The minimum Gasteiger partial charge on any atom is -0.462 e. The number of carbonyl (C=O) groups excluding carboxylic acids is 1. The Hall–Kier alpha value is -2.69. The number of nitrogens with one attached hydrogen (secondary N) is 1. The Morgan fingerprint density at radius 3 is 2.76 bits per heavy atom. The van der Waals surface area contributed by atoms with Gasteiger partial charge in [0.05, 0.1) is 24.0 Å². The zero-order chi connectivity index (χ0) is 14.7. The molecule has 5 heteroatoms. The summed E-state index contributed by atoms with van der Waals surface area (Å²) in [5, 5.41) is 0. The van der Waals surface area contributed by atoms with E-state index in [2.05, 4.69) is 15.0 Å². The molecule has 0 radical (unpaired) electrons. The molecule has 1 N–H and O–H groups in total. The highest BCUT2D eigenvalue weighted by Gasteiger charge is 2.08. The van der Waals surface area contributed by atoms with Gasteiger partial charge >= 0.3 is 5.97 Å². The summed E-state index contributed by atoms with van der Waals surface area (Å²) in [5.41, 5.74) is 4.48. The number of hydrogen-bond acceptors (Lipinski definition) is 4. The first kappa shape index (κ1) is 13.3. The van der Waals surface area contributed by atoms with E-state index in [1.807, 2.05) is 18.2 Å². The summed E-state index contributed by atoms with van der Waals surface area (Å²) >= 11 is 0. The van der Waals surface area contributed by atoms with E-state index < -0.39 is 0 Å². The van der Waals surface area contributed by atoms with Gasteiger partial charge in [0.2, 0.25) is 0 Å². The summed E-state index contributed by atoms with van der Waals surface area (Å²) in [7, 11) is 0. The van der Waals surface area contributed by atoms with Crippen LogP contribution < -0.4 is 0 Å². The van der Waals surface area contributed by atoms with Crippen molar-refractivity contribution in [3.8, 4) is 0 Å². The molecule has 0 aliphatic heterocycles. The number of ether oxygens (including phenoxy) is 1. The topological polar surface area (TPSA) is 67.9 Å². The fourth-order valence-electron chi connectivity index (χ4n) is 2.24. The van der Waals surface area contributed by atoms with Gasteiger partial charge in [0, 0.05) is 6.20 Å². The minimum absolute atomic E-state index is 0.288. The fraction of sp³-hybridized carbons (Fsp3) is 0.188. The third-order valence-electron chi connectivity index (χ3n) is 3.27. The maximum absolute atomic E-state index is 11.6. The number of esters is 1. The van der Waals surface area contributed by atoms with E-state index in [1.165, 1.54) is 0 Å². The van der Waals surface area contributed by atoms with Crippen molar-refractivity contribution < 1.29 is 9.53 Å². The van der Waals surface area contributed by atoms with Gasteiger partial charge in [0.1, 0.15) is 0 Å². The van der Waals surface area contributed by atoms with Gasteiger partial charge in [0.15, 0.2) is 5.65 Å². The van der Waals surface area contributed by atoms with Crippen LogP contribution in [0.3, 0.4) is 0 Å². The van der Waals surface area contributed by atoms with Crippen molar-refractivity contribution in [1.82, 2.24) is 15.0 Å². The van der Waals surface area contributed by atoms with Crippen LogP contribution in [0.4, 0.5) is 0 Å². The molecule has 2 heterocycles. The molecule has 3 rings (SSSR count). The van der Waals surface area contributed by atoms with E-state index >= 15 is 0 Å². The monoisotopic (exact) mass is 281 g/mol. The maximum atomic E-state index is 11.6. The number of aromatic amines is 1. The average molecular weight is 281 g/mol. The molecule has 106 valence electrons. The lowest BCUT2D eigenvalue weighted by molar-refractivity contribution is 0.0526. The smallest absolute Gasteiger partial charge is 0.338 e. The Labute approximate surface area is 122 Å². The third kappa shape index (κ3) is 2.76. The van der Waals surface area contributed by atoms with Crippen molar-refractivity contribution in [2.45, 2.75) is 13.3 Å². The standard InChI is InChI=1S/C16H15N3O2/c1-2-21-16(20)12-5-3-11(4-6-12)9-13-7-8-17-15-14(13)18-10-19-15/h3-8,10H,2,9H2,1H3,(H,17,18,19). The van der Waals surface area contributed by atoms with Crippen molar-refractivity contribution in [2.75, 3.05) is 6.61 Å². The van der Waals surface area contributed by atoms with Gasteiger partial charge in [0.25, 0.3) is 0 Å². The highest BCUT2D eigenvalue weighted by Crippen LogP contribution is 2.17. The van der Waals surface area contributed by atoms with Crippen LogP contribution in [-0.4, -0.2) is 27.5 Å². The Kier molecular flexibility index (Phi) is 3.64. The van der Waals surface area contributed by atoms with Crippen LogP contribution in [-0.2, 0) is 11.2 Å². The molecule has 0 amide bonds. The number of carbonyl (C=O) groups is 1. The molecular formula is C16H15N3O2. The molecule has 21 heavy (non-hydrogen) atoms. The van der Waals surface area contributed by atoms with Gasteiger partial charge in [-0.2, -0.15) is 0 Å². The second-order valence-corrected chi connectivity index (χ2v) is 4.67. The maximum Gasteiger partial charge on any atom is 0.338 e. The van der Waals surface area contributed by atoms with Gasteiger partial charge in [-0.25, -0.2) is 14.8 Å². The number of aromatic nitrogens is 3. The highest BCUT2D eigenvalue weighted by molar-refractivity contribution is 5.89. The summed E-state index contributed by atoms with van der Waals surface area (Å²) in [5.74, 6) is -0.288. The second-order valence-electron chi connectivity index (χ2n) is 4.67. The predicted molar refractivity (Wildman–Crippen MR) is 79.1 cm³/mol. The van der Waals surface area contributed by atoms with Crippen LogP contribution in [0.5, 0.6) is 0 Å². The molecular weight excluding hydrogens is 266 g/mol. The summed E-state index contributed by atoms with van der Waals surface area (Å²) in [6.45, 7) is 2.18. The van der Waals surface area contributed by atoms with Crippen molar-refractivity contribution in [3.05, 3.63) is 59.5 Å². The summed E-state index contributed by atoms with van der Waals surface area (Å²) in [6.07, 6.45) is 4.15. The summed E-state index contributed by atoms with van der Waals surface area (Å²) in [4.78, 5) is 23.1. The van der Waals surface area contributed by atoms with Crippen LogP contribution in [0, 0.1) is 0 Å². The first-order chi connectivity index (χ1) is 10.3. The van der Waals surface area contributed by atoms with Crippen molar-refractivity contribution in [2.24, 2.45) is 0 Å². The van der Waals surface area contributed by atoms with Gasteiger partial charge < -0.3 is 9.72 Å². The van der Waals surface area contributed by atoms with Crippen molar-refractivity contribution in [1.29, 1.82) is 0 Å². The van der Waals surface area contributed by atoms with E-state index in [1.54, 1.807) is 31.6 Å². The zero-order valence-corrected chi connectivity index (χ0v) is 11.7. The lowest BCUT2D eigenvalue weighted by Gasteiger charge is -2.05. The number of H-pyrrole nitrogens is 1. The minimum atomic E-state index is -0.288. The Balaban J connectivity index is 1.82. The second kappa shape index (κ2) is 5.75. The highest BCUT2D eigenvalue weighted by atomic mass is 16.5. The first-order valence-corrected chi connectivity index (χ1v) is 6.81. The average Bonchev–Trinajstić information content (AvgIpc) is 2.98. The van der Waals surface area contributed by atoms with Crippen LogP contribution in [0.25, 0.3) is 11.2 Å². The number of hydrogen-bond donors (Lipinski definition) is 1. The van der Waals surface area contributed by atoms with Gasteiger partial charge in [-0.05, 0) is 42.7 Å². The Bertz CT molecular complexity index is 763. The SMILES string of the molecule is CCOC(=O)c1ccc(Cc2ccnc3nc[nH]c23)cc1. The number of benzene rings is 1. The molecule has 0 fully saturated rings. The quantitative estimate of drug-likeness (QED) is 0.747. The Morgan fingerprint density at radius 2 is 2.00 bits per heavy atom. The largest absolute Gasteiger partial charge is 0.462 e. The van der Waals surface area contributed by atoms with E-state index in [0.717, 1.165) is 28.7 Å². The number of fused-ring (bicyclic) bond motifs is 1. The molecule has 0 unspecified atom stereocenters. The van der Waals surface area contributed by atoms with E-state index in [4.69, 9.17) is 4.74 Å². The molecule has 2 aromatic heterocycles. The molecule has 0 saturated carbocycles. The lowest BCUT2D eigenvalue weighted by atomic mass is 10.0. The van der Waals surface area contributed by atoms with E-state index in [9.17, 15) is 4.79 Å². The number of nitrogens with zero attached hydrogens (tertiary/aromatic N) is 2.